The maximum atomic E-state index is 13.5. The molecule has 4 fully saturated rings. The Morgan fingerprint density at radius 3 is 1.36 bits per heavy atom. The van der Waals surface area contributed by atoms with Crippen molar-refractivity contribution < 1.29 is 33.9 Å². The number of halogens is 2. The topological polar surface area (TPSA) is 261 Å². The van der Waals surface area contributed by atoms with E-state index in [2.05, 4.69) is 39.8 Å². The molecule has 77 heavy (non-hydrogen) atoms. The summed E-state index contributed by atoms with van der Waals surface area (Å²) in [6.45, 7) is 11.9. The van der Waals surface area contributed by atoms with Crippen LogP contribution in [0.5, 0.6) is 0 Å². The first-order valence-corrected chi connectivity index (χ1v) is 26.2. The molecular formula is C56H62Cl2N10O9. The van der Waals surface area contributed by atoms with Gasteiger partial charge >= 0.3 is 5.97 Å². The molecule has 0 radical (unpaired) electrons. The second-order valence-electron chi connectivity index (χ2n) is 21.8. The molecule has 2 aliphatic carbocycles. The number of carbonyl (C=O) groups excluding carboxylic acids is 5. The average molecular weight is 1090 g/mol. The lowest BCUT2D eigenvalue weighted by Crippen LogP contribution is -2.56. The second kappa shape index (κ2) is 23.4. The van der Waals surface area contributed by atoms with E-state index in [4.69, 9.17) is 28.9 Å². The van der Waals surface area contributed by atoms with Crippen molar-refractivity contribution in [2.45, 2.75) is 79.6 Å². The fourth-order valence-electron chi connectivity index (χ4n) is 8.96. The Morgan fingerprint density at radius 2 is 1.00 bits per heavy atom. The van der Waals surface area contributed by atoms with Crippen molar-refractivity contribution >= 4 is 80.8 Å². The van der Waals surface area contributed by atoms with Crippen LogP contribution in [0.4, 0.5) is 0 Å². The quantitative estimate of drug-likeness (QED) is 0.0807. The summed E-state index contributed by atoms with van der Waals surface area (Å²) in [4.78, 5) is 114. The minimum atomic E-state index is -1.19. The molecule has 10 rings (SSSR count). The summed E-state index contributed by atoms with van der Waals surface area (Å²) in [5, 5.41) is 19.5. The summed E-state index contributed by atoms with van der Waals surface area (Å²) in [5.74, 6) is -1.75. The highest BCUT2D eigenvalue weighted by molar-refractivity contribution is 6.30. The Labute approximate surface area is 454 Å². The second-order valence-corrected chi connectivity index (χ2v) is 22.6. The molecule has 21 heteroatoms. The van der Waals surface area contributed by atoms with Gasteiger partial charge in [-0.25, -0.2) is 14.8 Å². The highest BCUT2D eigenvalue weighted by Crippen LogP contribution is 2.31. The molecule has 2 saturated heterocycles. The third kappa shape index (κ3) is 14.3. The number of amides is 5. The Balaban J connectivity index is 0.000000187. The maximum Gasteiger partial charge on any atom is 0.337 e. The van der Waals surface area contributed by atoms with E-state index in [0.717, 1.165) is 47.2 Å². The van der Waals surface area contributed by atoms with Crippen LogP contribution in [0.25, 0.3) is 22.1 Å². The van der Waals surface area contributed by atoms with Crippen LogP contribution < -0.4 is 32.8 Å². The van der Waals surface area contributed by atoms with E-state index in [1.54, 1.807) is 64.4 Å². The molecular weight excluding hydrogens is 1030 g/mol. The summed E-state index contributed by atoms with van der Waals surface area (Å²) < 4.78 is 2.36. The number of rotatable bonds is 15. The molecule has 0 unspecified atom stereocenters. The first-order chi connectivity index (χ1) is 36.6. The van der Waals surface area contributed by atoms with Gasteiger partial charge in [-0.2, -0.15) is 0 Å². The molecule has 6 N–H and O–H groups in total. The fourth-order valence-corrected chi connectivity index (χ4v) is 9.21. The van der Waals surface area contributed by atoms with Crippen molar-refractivity contribution in [3.63, 3.8) is 0 Å². The molecule has 6 aromatic rings. The summed E-state index contributed by atoms with van der Waals surface area (Å²) in [5.41, 5.74) is 5.87. The Hall–Kier alpha value is -7.48. The zero-order valence-corrected chi connectivity index (χ0v) is 44.9. The molecule has 2 aliphatic heterocycles. The predicted octanol–water partition coefficient (Wildman–Crippen LogP) is 5.89. The number of nitrogens with two attached hydrogens (primary N) is 1. The number of aromatic carboxylic acids is 1. The average Bonchev–Trinajstić information content (AvgIpc) is 4.34. The maximum absolute atomic E-state index is 13.5. The highest BCUT2D eigenvalue weighted by atomic mass is 35.5. The van der Waals surface area contributed by atoms with Gasteiger partial charge in [0.15, 0.2) is 0 Å². The van der Waals surface area contributed by atoms with Crippen LogP contribution in [0.2, 0.25) is 10.0 Å². The lowest BCUT2D eigenvalue weighted by atomic mass is 9.84. The number of likely N-dealkylation sites (tertiary alicyclic amines) is 2. The van der Waals surface area contributed by atoms with Crippen molar-refractivity contribution in [1.29, 1.82) is 0 Å². The van der Waals surface area contributed by atoms with Gasteiger partial charge in [-0.05, 0) is 115 Å². The minimum Gasteiger partial charge on any atom is -0.478 e. The van der Waals surface area contributed by atoms with Crippen LogP contribution in [0.1, 0.15) is 106 Å². The molecule has 0 bridgehead atoms. The summed E-state index contributed by atoms with van der Waals surface area (Å²) in [6, 6.07) is 19.6. The lowest BCUT2D eigenvalue weighted by Gasteiger charge is -2.45. The smallest absolute Gasteiger partial charge is 0.337 e. The van der Waals surface area contributed by atoms with Crippen LogP contribution in [0.3, 0.4) is 0 Å². The third-order valence-corrected chi connectivity index (χ3v) is 14.1. The van der Waals surface area contributed by atoms with E-state index in [1.807, 2.05) is 13.8 Å². The van der Waals surface area contributed by atoms with E-state index in [1.165, 1.54) is 41.8 Å². The highest BCUT2D eigenvalue weighted by Gasteiger charge is 2.38. The molecule has 6 heterocycles. The summed E-state index contributed by atoms with van der Waals surface area (Å²) in [6.07, 6.45) is 7.52. The molecule has 0 atom stereocenters. The summed E-state index contributed by atoms with van der Waals surface area (Å²) >= 11 is 11.8. The number of nitrogens with zero attached hydrogens (tertiary/aromatic N) is 6. The predicted molar refractivity (Wildman–Crippen MR) is 292 cm³/mol. The summed E-state index contributed by atoms with van der Waals surface area (Å²) in [7, 11) is 0. The number of pyridine rings is 4. The number of nitrogens with one attached hydrogen (secondary N) is 3. The van der Waals surface area contributed by atoms with Gasteiger partial charge in [0.05, 0.1) is 11.1 Å². The van der Waals surface area contributed by atoms with Gasteiger partial charge in [0.1, 0.15) is 35.5 Å². The number of hydrogen-bond donors (Lipinski definition) is 5. The van der Waals surface area contributed by atoms with Gasteiger partial charge in [-0.1, -0.05) is 75.2 Å². The van der Waals surface area contributed by atoms with E-state index >= 15 is 0 Å². The largest absolute Gasteiger partial charge is 0.478 e. The third-order valence-electron chi connectivity index (χ3n) is 13.6. The number of benzene rings is 2. The van der Waals surface area contributed by atoms with E-state index in [9.17, 15) is 43.5 Å². The van der Waals surface area contributed by atoms with Crippen molar-refractivity contribution in [2.75, 3.05) is 39.3 Å². The monoisotopic (exact) mass is 1090 g/mol. The molecule has 4 aromatic heterocycles. The van der Waals surface area contributed by atoms with Crippen LogP contribution >= 0.6 is 23.2 Å². The SMILES string of the molecule is CC1(C)CN(C(=O)Cn2c(=O)c(C(=O)NCc3ccc(Cl)cc3)cc3cc(C(=O)NCC4CC4)cnc32)C1.CC1(C)CN(C(=O)Cn2c(=O)c(C(=O)NCc3ccc(Cl)cc3)cc3cc(C(=O)O)cnc32)C1.NCC1CC1. The lowest BCUT2D eigenvalue weighted by molar-refractivity contribution is -0.142. The van der Waals surface area contributed by atoms with Crippen LogP contribution in [0.15, 0.2) is 94.8 Å². The van der Waals surface area contributed by atoms with Gasteiger partial charge in [0.2, 0.25) is 11.8 Å². The van der Waals surface area contributed by atoms with Gasteiger partial charge < -0.3 is 36.6 Å². The van der Waals surface area contributed by atoms with Crippen molar-refractivity contribution in [2.24, 2.45) is 28.4 Å². The van der Waals surface area contributed by atoms with Gasteiger partial charge in [0.25, 0.3) is 28.8 Å². The molecule has 0 spiro atoms. The van der Waals surface area contributed by atoms with Crippen LogP contribution in [-0.2, 0) is 35.8 Å². The van der Waals surface area contributed by atoms with Gasteiger partial charge in [-0.3, -0.25) is 42.7 Å². The minimum absolute atomic E-state index is 0.0146. The van der Waals surface area contributed by atoms with E-state index in [0.29, 0.717) is 59.6 Å². The first-order valence-electron chi connectivity index (χ1n) is 25.5. The van der Waals surface area contributed by atoms with Crippen molar-refractivity contribution in [3.8, 4) is 0 Å². The molecule has 2 saturated carbocycles. The number of aromatic nitrogens is 4. The fraction of sp³-hybridized carbons (Fsp3) is 0.393. The normalized spacial score (nSPS) is 15.9. The van der Waals surface area contributed by atoms with Gasteiger partial charge in [0, 0.05) is 79.0 Å². The number of carbonyl (C=O) groups is 6. The first kappa shape index (κ1) is 55.7. The zero-order valence-electron chi connectivity index (χ0n) is 43.4. The molecule has 404 valence electrons. The number of hydrogen-bond acceptors (Lipinski definition) is 11. The van der Waals surface area contributed by atoms with Crippen LogP contribution in [-0.4, -0.2) is 109 Å². The Bertz CT molecular complexity index is 3370. The molecule has 19 nitrogen and oxygen atoms in total. The van der Waals surface area contributed by atoms with Crippen LogP contribution in [0, 0.1) is 22.7 Å². The number of fused-ring (bicyclic) bond motifs is 2. The van der Waals surface area contributed by atoms with E-state index in [-0.39, 0.29) is 88.1 Å². The van der Waals surface area contributed by atoms with E-state index < -0.39 is 28.9 Å². The molecule has 2 aromatic carbocycles. The zero-order chi connectivity index (χ0) is 55.3. The Kier molecular flexibility index (Phi) is 16.9. The Morgan fingerprint density at radius 1 is 0.597 bits per heavy atom. The van der Waals surface area contributed by atoms with Crippen molar-refractivity contribution in [1.82, 2.24) is 44.9 Å². The molecule has 4 aliphatic rings. The van der Waals surface area contributed by atoms with Crippen molar-refractivity contribution in [3.05, 3.63) is 149 Å². The number of carboxylic acid groups (broad SMARTS) is 1. The number of carboxylic acids is 1. The van der Waals surface area contributed by atoms with Gasteiger partial charge in [-0.15, -0.1) is 0 Å². The standard InChI is InChI=1S/C28H30ClN5O4.C24H23ClN4O5.C4H9N/c1-28(2)15-33(16-28)23(35)14-34-24-19(9-20(13-30-24)25(36)31-11-17-3-4-17)10-22(27(34)38)26(37)32-12-18-5-7-21(29)8-6-18;1-24(2)12-28(13-24)19(30)11-29-20-15(7-16(10-26-20)23(33)34)8-18(22(29)32)21(31)27-9-14-3-5-17(25)6-4-14;5-3-4-1-2-4/h5-10,13,17H,3-4,11-12,14-16H2,1-2H3,(H,31,36)(H,32,37);3-8,10H,9,11-13H2,1-2H3,(H,27,31)(H,33,34);4H,1-3,5H2. The molecule has 5 amide bonds.